The molecule has 0 fully saturated rings. The second-order valence-electron chi connectivity index (χ2n) is 4.55. The normalized spacial score (nSPS) is 13.0. The van der Waals surface area contributed by atoms with Crippen molar-refractivity contribution in [1.82, 2.24) is 5.32 Å². The smallest absolute Gasteiger partial charge is 0.251 e. The summed E-state index contributed by atoms with van der Waals surface area (Å²) in [4.78, 5) is 12.0. The van der Waals surface area contributed by atoms with E-state index in [4.69, 9.17) is 14.6 Å². The zero-order valence-electron chi connectivity index (χ0n) is 12.3. The predicted molar refractivity (Wildman–Crippen MR) is 77.6 cm³/mol. The molecule has 0 saturated carbocycles. The summed E-state index contributed by atoms with van der Waals surface area (Å²) in [6, 6.07) is 4.34. The minimum absolute atomic E-state index is 0.0599. The fourth-order valence-corrected chi connectivity index (χ4v) is 2.56. The number of carbonyl (C=O) groups excluding carboxylic acids is 1. The van der Waals surface area contributed by atoms with Crippen molar-refractivity contribution in [2.24, 2.45) is 5.14 Å². The first-order valence-electron chi connectivity index (χ1n) is 6.23. The van der Waals surface area contributed by atoms with Gasteiger partial charge in [0.2, 0.25) is 10.0 Å². The topological polar surface area (TPSA) is 108 Å². The molecule has 8 heteroatoms. The maximum absolute atomic E-state index is 12.0. The van der Waals surface area contributed by atoms with E-state index in [2.05, 4.69) is 5.32 Å². The van der Waals surface area contributed by atoms with Crippen LogP contribution in [0.5, 0.6) is 0 Å². The van der Waals surface area contributed by atoms with Crippen molar-refractivity contribution in [3.63, 3.8) is 0 Å². The van der Waals surface area contributed by atoms with E-state index < -0.39 is 15.9 Å². The van der Waals surface area contributed by atoms with Crippen LogP contribution in [0.15, 0.2) is 23.1 Å². The van der Waals surface area contributed by atoms with Gasteiger partial charge in [-0.2, -0.15) is 0 Å². The van der Waals surface area contributed by atoms with Gasteiger partial charge >= 0.3 is 0 Å². The number of carbonyl (C=O) groups is 1. The maximum atomic E-state index is 12.0. The Morgan fingerprint density at radius 3 is 2.57 bits per heavy atom. The van der Waals surface area contributed by atoms with Crippen molar-refractivity contribution in [3.05, 3.63) is 29.3 Å². The van der Waals surface area contributed by atoms with Gasteiger partial charge in [-0.3, -0.25) is 4.79 Å². The van der Waals surface area contributed by atoms with Gasteiger partial charge in [0.25, 0.3) is 5.91 Å². The van der Waals surface area contributed by atoms with E-state index in [1.54, 1.807) is 6.92 Å². The van der Waals surface area contributed by atoms with Crippen molar-refractivity contribution in [2.45, 2.75) is 17.9 Å². The van der Waals surface area contributed by atoms with Gasteiger partial charge in [0.1, 0.15) is 0 Å². The number of hydrogen-bond acceptors (Lipinski definition) is 5. The monoisotopic (exact) mass is 316 g/mol. The molecule has 0 aliphatic carbocycles. The Balaban J connectivity index is 2.84. The molecule has 21 heavy (non-hydrogen) atoms. The third-order valence-electron chi connectivity index (χ3n) is 2.93. The Kier molecular flexibility index (Phi) is 6.28. The van der Waals surface area contributed by atoms with Crippen molar-refractivity contribution in [1.29, 1.82) is 0 Å². The number of amides is 1. The van der Waals surface area contributed by atoms with Crippen LogP contribution < -0.4 is 10.5 Å². The van der Waals surface area contributed by atoms with Gasteiger partial charge < -0.3 is 14.8 Å². The molecule has 1 aromatic rings. The fraction of sp³-hybridized carbons (Fsp3) is 0.462. The second kappa shape index (κ2) is 7.51. The molecule has 0 bridgehead atoms. The fourth-order valence-electron chi connectivity index (χ4n) is 1.75. The molecule has 3 N–H and O–H groups in total. The number of ether oxygens (including phenoxy) is 2. The van der Waals surface area contributed by atoms with E-state index in [0.29, 0.717) is 12.2 Å². The van der Waals surface area contributed by atoms with Crippen LogP contribution in [0, 0.1) is 6.92 Å². The standard InChI is InChI=1S/C13H20N2O5S/c1-9-4-5-10(6-12(9)21(14,17)18)13(16)15-7-11(20-3)8-19-2/h4-6,11H,7-8H2,1-3H3,(H,15,16)(H2,14,17,18). The largest absolute Gasteiger partial charge is 0.382 e. The summed E-state index contributed by atoms with van der Waals surface area (Å²) in [5, 5.41) is 7.77. The molecular weight excluding hydrogens is 296 g/mol. The first-order chi connectivity index (χ1) is 9.79. The van der Waals surface area contributed by atoms with Gasteiger partial charge in [0, 0.05) is 26.3 Å². The highest BCUT2D eigenvalue weighted by atomic mass is 32.2. The van der Waals surface area contributed by atoms with Gasteiger partial charge in [-0.05, 0) is 24.6 Å². The van der Waals surface area contributed by atoms with Crippen molar-refractivity contribution < 1.29 is 22.7 Å². The number of methoxy groups -OCH3 is 2. The first-order valence-corrected chi connectivity index (χ1v) is 7.77. The van der Waals surface area contributed by atoms with Crippen LogP contribution in [-0.2, 0) is 19.5 Å². The van der Waals surface area contributed by atoms with E-state index >= 15 is 0 Å². The summed E-state index contributed by atoms with van der Waals surface area (Å²) in [7, 11) is -0.810. The number of benzene rings is 1. The Bertz CT molecular complexity index is 601. The number of aryl methyl sites for hydroxylation is 1. The summed E-state index contributed by atoms with van der Waals surface area (Å²) in [6.45, 7) is 2.20. The van der Waals surface area contributed by atoms with Crippen LogP contribution in [0.1, 0.15) is 15.9 Å². The molecule has 0 saturated heterocycles. The minimum atomic E-state index is -3.86. The average Bonchev–Trinajstić information content (AvgIpc) is 2.42. The molecule has 1 aromatic carbocycles. The Morgan fingerprint density at radius 1 is 1.38 bits per heavy atom. The van der Waals surface area contributed by atoms with Crippen molar-refractivity contribution >= 4 is 15.9 Å². The molecule has 1 atom stereocenters. The third-order valence-corrected chi connectivity index (χ3v) is 3.99. The van der Waals surface area contributed by atoms with Crippen LogP contribution in [0.4, 0.5) is 0 Å². The summed E-state index contributed by atoms with van der Waals surface area (Å²) >= 11 is 0. The van der Waals surface area contributed by atoms with Crippen LogP contribution >= 0.6 is 0 Å². The summed E-state index contributed by atoms with van der Waals surface area (Å²) in [5.41, 5.74) is 0.708. The molecule has 0 heterocycles. The zero-order chi connectivity index (χ0) is 16.0. The van der Waals surface area contributed by atoms with E-state index in [-0.39, 0.29) is 23.1 Å². The van der Waals surface area contributed by atoms with Crippen LogP contribution in [0.2, 0.25) is 0 Å². The summed E-state index contributed by atoms with van der Waals surface area (Å²) < 4.78 is 32.9. The molecule has 0 aliphatic rings. The van der Waals surface area contributed by atoms with Crippen LogP contribution in [-0.4, -0.2) is 47.8 Å². The molecule has 7 nitrogen and oxygen atoms in total. The van der Waals surface area contributed by atoms with Gasteiger partial charge in [-0.25, -0.2) is 13.6 Å². The third kappa shape index (κ3) is 5.09. The predicted octanol–water partition coefficient (Wildman–Crippen LogP) is 0.0336. The van der Waals surface area contributed by atoms with Gasteiger partial charge in [-0.1, -0.05) is 6.07 Å². The highest BCUT2D eigenvalue weighted by molar-refractivity contribution is 7.89. The summed E-state index contributed by atoms with van der Waals surface area (Å²) in [5.74, 6) is -0.405. The first kappa shape index (κ1) is 17.6. The van der Waals surface area contributed by atoms with E-state index in [0.717, 1.165) is 0 Å². The van der Waals surface area contributed by atoms with E-state index in [1.165, 1.54) is 32.4 Å². The number of nitrogens with two attached hydrogens (primary N) is 1. The molecule has 0 radical (unpaired) electrons. The molecule has 1 amide bonds. The molecule has 118 valence electrons. The second-order valence-corrected chi connectivity index (χ2v) is 6.08. The minimum Gasteiger partial charge on any atom is -0.382 e. The quantitative estimate of drug-likeness (QED) is 0.738. The van der Waals surface area contributed by atoms with Crippen LogP contribution in [0.25, 0.3) is 0 Å². The lowest BCUT2D eigenvalue weighted by atomic mass is 10.1. The van der Waals surface area contributed by atoms with Gasteiger partial charge in [0.15, 0.2) is 0 Å². The summed E-state index contributed by atoms with van der Waals surface area (Å²) in [6.07, 6.45) is -0.276. The molecular formula is C13H20N2O5S. The number of hydrogen-bond donors (Lipinski definition) is 2. The average molecular weight is 316 g/mol. The molecule has 1 unspecified atom stereocenters. The number of rotatable bonds is 7. The highest BCUT2D eigenvalue weighted by Gasteiger charge is 2.16. The van der Waals surface area contributed by atoms with E-state index in [9.17, 15) is 13.2 Å². The Labute approximate surface area is 124 Å². The van der Waals surface area contributed by atoms with E-state index in [1.807, 2.05) is 0 Å². The lowest BCUT2D eigenvalue weighted by Gasteiger charge is -2.15. The van der Waals surface area contributed by atoms with Crippen molar-refractivity contribution in [3.8, 4) is 0 Å². The molecule has 0 aromatic heterocycles. The SMILES string of the molecule is COCC(CNC(=O)c1ccc(C)c(S(N)(=O)=O)c1)OC. The van der Waals surface area contributed by atoms with Gasteiger partial charge in [-0.15, -0.1) is 0 Å². The number of primary sulfonamides is 1. The molecule has 0 spiro atoms. The maximum Gasteiger partial charge on any atom is 0.251 e. The Morgan fingerprint density at radius 2 is 2.05 bits per heavy atom. The molecule has 0 aliphatic heterocycles. The van der Waals surface area contributed by atoms with Crippen molar-refractivity contribution in [2.75, 3.05) is 27.4 Å². The van der Waals surface area contributed by atoms with Crippen LogP contribution in [0.3, 0.4) is 0 Å². The van der Waals surface area contributed by atoms with Gasteiger partial charge in [0.05, 0.1) is 17.6 Å². The zero-order valence-corrected chi connectivity index (χ0v) is 13.1. The highest BCUT2D eigenvalue weighted by Crippen LogP contribution is 2.15. The lowest BCUT2D eigenvalue weighted by Crippen LogP contribution is -2.35. The molecule has 1 rings (SSSR count). The Hall–Kier alpha value is -1.48. The number of sulfonamides is 1. The number of nitrogens with one attached hydrogen (secondary N) is 1. The lowest BCUT2D eigenvalue weighted by molar-refractivity contribution is 0.0285.